The molecule has 1 aliphatic carbocycles. The van der Waals surface area contributed by atoms with E-state index in [4.69, 9.17) is 30.2 Å². The predicted octanol–water partition coefficient (Wildman–Crippen LogP) is 9.47. The second-order valence-electron chi connectivity index (χ2n) is 8.08. The van der Waals surface area contributed by atoms with Crippen LogP contribution in [0.15, 0.2) is 100 Å². The normalized spacial score (nSPS) is 16.2. The molecule has 1 aliphatic rings. The Morgan fingerprint density at radius 2 is 1.44 bits per heavy atom. The molecule has 1 aromatic heterocycles. The number of rotatable bonds is 4. The van der Waals surface area contributed by atoms with Crippen LogP contribution in [-0.2, 0) is 13.1 Å². The average molecular weight is 547 g/mol. The first-order chi connectivity index (χ1) is 16.6. The van der Waals surface area contributed by atoms with Gasteiger partial charge in [0, 0.05) is 44.6 Å². The standard InChI is InChI=1S/C28H24N2S.2ClH.Fe/c1-19-8-7-9-20(2)27(19)29-17-23-14-15-24(31-23)18-30-28-25-12-5-3-10-21(25)16-22-11-4-6-13-26(22)28;;;/h3-8,10-18,20H,9H2,1-2H3;2*1H;/q;;;+2/p-2. The second-order valence-corrected chi connectivity index (χ2v) is 11.1. The maximum atomic E-state index is 4.94. The summed E-state index contributed by atoms with van der Waals surface area (Å²) < 4.78 is 0. The van der Waals surface area contributed by atoms with Crippen LogP contribution < -0.4 is 0 Å². The minimum atomic E-state index is 0.194. The summed E-state index contributed by atoms with van der Waals surface area (Å²) in [5.74, 6) is 0.474. The van der Waals surface area contributed by atoms with Crippen LogP contribution >= 0.6 is 31.5 Å². The molecule has 2 nitrogen and oxygen atoms in total. The quantitative estimate of drug-likeness (QED) is 0.138. The topological polar surface area (TPSA) is 24.7 Å². The van der Waals surface area contributed by atoms with E-state index in [1.165, 1.54) is 32.8 Å². The fourth-order valence-corrected chi connectivity index (χ4v) is 4.92. The fourth-order valence-electron chi connectivity index (χ4n) is 4.16. The first-order valence-electron chi connectivity index (χ1n) is 10.9. The second kappa shape index (κ2) is 12.0. The molecule has 1 unspecified atom stereocenters. The summed E-state index contributed by atoms with van der Waals surface area (Å²) in [7, 11) is 9.53. The molecule has 1 atom stereocenters. The molecule has 34 heavy (non-hydrogen) atoms. The van der Waals surface area contributed by atoms with Gasteiger partial charge >= 0.3 is 33.3 Å². The van der Waals surface area contributed by atoms with Gasteiger partial charge in [-0.1, -0.05) is 67.6 Å². The molecule has 3 aromatic carbocycles. The van der Waals surface area contributed by atoms with Crippen molar-refractivity contribution in [2.75, 3.05) is 0 Å². The SMILES string of the molecule is CC1=C(N=Cc2ccc(C=Nc3c4ccccc4cc4ccccc34)s2)C(C)CC=C1.[Cl][Fe][Cl]. The van der Waals surface area contributed by atoms with Gasteiger partial charge in [-0.3, -0.25) is 9.98 Å². The van der Waals surface area contributed by atoms with Gasteiger partial charge in [0.15, 0.2) is 0 Å². The van der Waals surface area contributed by atoms with Crippen molar-refractivity contribution in [1.29, 1.82) is 0 Å². The van der Waals surface area contributed by atoms with Crippen LogP contribution in [0.5, 0.6) is 0 Å². The number of halogens is 2. The summed E-state index contributed by atoms with van der Waals surface area (Å²) in [6.07, 6.45) is 9.44. The molecule has 0 bridgehead atoms. The Bertz CT molecular complexity index is 1360. The summed E-state index contributed by atoms with van der Waals surface area (Å²) in [5, 5.41) is 4.79. The Morgan fingerprint density at radius 1 is 0.882 bits per heavy atom. The number of fused-ring (bicyclic) bond motifs is 2. The van der Waals surface area contributed by atoms with E-state index in [0.29, 0.717) is 5.92 Å². The summed E-state index contributed by atoms with van der Waals surface area (Å²) in [6.45, 7) is 4.38. The van der Waals surface area contributed by atoms with Crippen molar-refractivity contribution in [3.8, 4) is 0 Å². The van der Waals surface area contributed by atoms with Crippen LogP contribution in [0.25, 0.3) is 21.5 Å². The molecule has 6 heteroatoms. The average Bonchev–Trinajstić information content (AvgIpc) is 3.30. The summed E-state index contributed by atoms with van der Waals surface area (Å²) in [6, 6.07) is 23.4. The Kier molecular flexibility index (Phi) is 8.77. The number of aliphatic imine (C=N–C) groups is 2. The van der Waals surface area contributed by atoms with Gasteiger partial charge in [-0.25, -0.2) is 0 Å². The van der Waals surface area contributed by atoms with Crippen molar-refractivity contribution in [3.05, 3.63) is 99.9 Å². The van der Waals surface area contributed by atoms with Gasteiger partial charge < -0.3 is 0 Å². The Hall–Kier alpha value is -2.20. The van der Waals surface area contributed by atoms with Crippen molar-refractivity contribution in [1.82, 2.24) is 0 Å². The van der Waals surface area contributed by atoms with Crippen molar-refractivity contribution >= 4 is 71.2 Å². The van der Waals surface area contributed by atoms with Crippen molar-refractivity contribution in [3.63, 3.8) is 0 Å². The van der Waals surface area contributed by atoms with E-state index in [0.717, 1.165) is 21.9 Å². The van der Waals surface area contributed by atoms with E-state index in [1.54, 1.807) is 11.3 Å². The van der Waals surface area contributed by atoms with E-state index in [1.807, 2.05) is 12.4 Å². The number of thiophene rings is 1. The molecule has 0 fully saturated rings. The minimum absolute atomic E-state index is 0.194. The van der Waals surface area contributed by atoms with Crippen LogP contribution in [0.3, 0.4) is 0 Å². The maximum absolute atomic E-state index is 4.94. The molecular formula is C28H24Cl2FeN2S. The van der Waals surface area contributed by atoms with E-state index in [2.05, 4.69) is 92.7 Å². The van der Waals surface area contributed by atoms with Crippen molar-refractivity contribution in [2.45, 2.75) is 20.3 Å². The summed E-state index contributed by atoms with van der Waals surface area (Å²) in [5.41, 5.74) is 3.48. The number of allylic oxidation sites excluding steroid dienone is 4. The molecule has 4 aromatic rings. The van der Waals surface area contributed by atoms with Crippen LogP contribution in [0, 0.1) is 5.92 Å². The molecule has 0 N–H and O–H groups in total. The number of hydrogen-bond donors (Lipinski definition) is 0. The molecule has 0 aliphatic heterocycles. The van der Waals surface area contributed by atoms with Crippen molar-refractivity contribution < 1.29 is 13.1 Å². The van der Waals surface area contributed by atoms with Crippen LogP contribution in [-0.4, -0.2) is 12.4 Å². The van der Waals surface area contributed by atoms with Crippen molar-refractivity contribution in [2.24, 2.45) is 15.9 Å². The first-order valence-corrected chi connectivity index (χ1v) is 14.8. The van der Waals surface area contributed by atoms with Gasteiger partial charge in [0.1, 0.15) is 0 Å². The molecule has 174 valence electrons. The molecule has 0 spiro atoms. The van der Waals surface area contributed by atoms with E-state index in [9.17, 15) is 0 Å². The zero-order valence-electron chi connectivity index (χ0n) is 18.9. The Morgan fingerprint density at radius 3 is 2.03 bits per heavy atom. The van der Waals surface area contributed by atoms with Crippen LogP contribution in [0.4, 0.5) is 5.69 Å². The predicted molar refractivity (Wildman–Crippen MR) is 148 cm³/mol. The summed E-state index contributed by atoms with van der Waals surface area (Å²) >= 11 is 1.91. The van der Waals surface area contributed by atoms with E-state index >= 15 is 0 Å². The van der Waals surface area contributed by atoms with E-state index < -0.39 is 0 Å². The van der Waals surface area contributed by atoms with Gasteiger partial charge in [0.25, 0.3) is 0 Å². The number of hydrogen-bond acceptors (Lipinski definition) is 3. The number of nitrogens with zero attached hydrogens (tertiary/aromatic N) is 2. The molecule has 5 rings (SSSR count). The van der Waals surface area contributed by atoms with Gasteiger partial charge in [0.05, 0.1) is 5.69 Å². The fraction of sp³-hybridized carbons (Fsp3) is 0.143. The number of benzene rings is 3. The zero-order chi connectivity index (χ0) is 23.9. The molecule has 1 heterocycles. The molecule has 0 radical (unpaired) electrons. The third-order valence-electron chi connectivity index (χ3n) is 5.77. The summed E-state index contributed by atoms with van der Waals surface area (Å²) in [4.78, 5) is 12.0. The van der Waals surface area contributed by atoms with Crippen LogP contribution in [0.2, 0.25) is 0 Å². The molecular weight excluding hydrogens is 523 g/mol. The van der Waals surface area contributed by atoms with Gasteiger partial charge in [0.2, 0.25) is 0 Å². The van der Waals surface area contributed by atoms with E-state index in [-0.39, 0.29) is 13.1 Å². The first kappa shape index (κ1) is 24.9. The molecule has 0 saturated heterocycles. The zero-order valence-corrected chi connectivity index (χ0v) is 22.3. The van der Waals surface area contributed by atoms with Gasteiger partial charge in [-0.05, 0) is 47.9 Å². The third-order valence-corrected chi connectivity index (χ3v) is 6.72. The van der Waals surface area contributed by atoms with Gasteiger partial charge in [-0.15, -0.1) is 11.3 Å². The Balaban J connectivity index is 0.000000868. The third kappa shape index (κ3) is 5.89. The van der Waals surface area contributed by atoms with Gasteiger partial charge in [-0.2, -0.15) is 0 Å². The van der Waals surface area contributed by atoms with Crippen LogP contribution in [0.1, 0.15) is 30.0 Å². The Labute approximate surface area is 219 Å². The molecule has 0 saturated carbocycles. The molecule has 0 amide bonds. The monoisotopic (exact) mass is 546 g/mol.